The second-order valence-corrected chi connectivity index (χ2v) is 7.20. The largest absolute Gasteiger partial charge is 0.330 e. The van der Waals surface area contributed by atoms with E-state index >= 15 is 0 Å². The Morgan fingerprint density at radius 2 is 1.75 bits per heavy atom. The molecule has 0 bridgehead atoms. The number of aryl methyl sites for hydroxylation is 2. The van der Waals surface area contributed by atoms with Crippen LogP contribution in [-0.2, 0) is 23.9 Å². The molecule has 0 unspecified atom stereocenters. The summed E-state index contributed by atoms with van der Waals surface area (Å²) in [5.41, 5.74) is -0.405. The summed E-state index contributed by atoms with van der Waals surface area (Å²) in [5, 5.41) is 9.25. The Bertz CT molecular complexity index is 1080. The predicted molar refractivity (Wildman–Crippen MR) is 88.9 cm³/mol. The number of benzene rings is 1. The maximum atomic E-state index is 12.6. The zero-order chi connectivity index (χ0) is 18.1. The second-order valence-electron chi connectivity index (χ2n) is 5.28. The van der Waals surface area contributed by atoms with Gasteiger partial charge in [-0.15, -0.1) is 0 Å². The molecular formula is C16H15N3O4S. The maximum absolute atomic E-state index is 12.6. The minimum Gasteiger partial charge on any atom is -0.303 e. The van der Waals surface area contributed by atoms with Gasteiger partial charge in [0.2, 0.25) is 9.84 Å². The minimum atomic E-state index is -4.05. The van der Waals surface area contributed by atoms with Crippen LogP contribution in [0.3, 0.4) is 0 Å². The maximum Gasteiger partial charge on any atom is 0.330 e. The average molecular weight is 345 g/mol. The predicted octanol–water partition coefficient (Wildman–Crippen LogP) is 0.731. The first-order valence-corrected chi connectivity index (χ1v) is 8.37. The van der Waals surface area contributed by atoms with Crippen LogP contribution < -0.4 is 11.2 Å². The molecule has 0 atom stereocenters. The van der Waals surface area contributed by atoms with E-state index in [-0.39, 0.29) is 10.5 Å². The molecular weight excluding hydrogens is 330 g/mol. The van der Waals surface area contributed by atoms with Crippen molar-refractivity contribution in [1.29, 1.82) is 5.26 Å². The van der Waals surface area contributed by atoms with Gasteiger partial charge in [-0.3, -0.25) is 9.36 Å². The second kappa shape index (κ2) is 6.29. The molecule has 1 aromatic heterocycles. The van der Waals surface area contributed by atoms with Crippen LogP contribution in [0.4, 0.5) is 0 Å². The minimum absolute atomic E-state index is 0.0393. The third-order valence-corrected chi connectivity index (χ3v) is 5.17. The highest BCUT2D eigenvalue weighted by molar-refractivity contribution is 7.95. The van der Waals surface area contributed by atoms with Gasteiger partial charge in [0.05, 0.1) is 10.5 Å². The zero-order valence-electron chi connectivity index (χ0n) is 13.3. The molecule has 1 aromatic carbocycles. The highest BCUT2D eigenvalue weighted by Gasteiger charge is 2.21. The number of aromatic nitrogens is 2. The fourth-order valence-corrected chi connectivity index (χ4v) is 3.24. The summed E-state index contributed by atoms with van der Waals surface area (Å²) >= 11 is 0. The normalized spacial score (nSPS) is 12.0. The standard InChI is InChI=1S/C16H15N3O4S/c1-11-4-6-13(7-5-11)24(22,23)14(9-17)8-12-10-18(2)16(21)19(3)15(12)20/h4-8,10H,1-3H3/b14-8+. The quantitative estimate of drug-likeness (QED) is 0.763. The van der Waals surface area contributed by atoms with Crippen LogP contribution in [0.1, 0.15) is 11.1 Å². The van der Waals surface area contributed by atoms with E-state index < -0.39 is 26.0 Å². The van der Waals surface area contributed by atoms with E-state index in [0.717, 1.165) is 20.8 Å². The van der Waals surface area contributed by atoms with Crippen molar-refractivity contribution < 1.29 is 8.42 Å². The smallest absolute Gasteiger partial charge is 0.303 e. The molecule has 1 heterocycles. The van der Waals surface area contributed by atoms with Gasteiger partial charge in [0.1, 0.15) is 11.0 Å². The summed E-state index contributed by atoms with van der Waals surface area (Å²) in [7, 11) is -1.34. The van der Waals surface area contributed by atoms with E-state index in [1.54, 1.807) is 18.2 Å². The summed E-state index contributed by atoms with van der Waals surface area (Å²) in [5.74, 6) is 0. The molecule has 124 valence electrons. The summed E-state index contributed by atoms with van der Waals surface area (Å²) in [4.78, 5) is 23.2. The lowest BCUT2D eigenvalue weighted by molar-refractivity contribution is 0.603. The van der Waals surface area contributed by atoms with E-state index in [2.05, 4.69) is 0 Å². The fraction of sp³-hybridized carbons (Fsp3) is 0.188. The molecule has 0 aliphatic carbocycles. The SMILES string of the molecule is Cc1ccc(S(=O)(=O)/C(C#N)=C/c2cn(C)c(=O)n(C)c2=O)cc1. The average Bonchev–Trinajstić information content (AvgIpc) is 2.55. The third kappa shape index (κ3) is 3.07. The number of sulfone groups is 1. The van der Waals surface area contributed by atoms with Gasteiger partial charge in [-0.2, -0.15) is 5.26 Å². The topological polar surface area (TPSA) is 102 Å². The lowest BCUT2D eigenvalue weighted by Gasteiger charge is -2.06. The molecule has 0 N–H and O–H groups in total. The van der Waals surface area contributed by atoms with Gasteiger partial charge in [-0.25, -0.2) is 13.2 Å². The number of nitrogens with zero attached hydrogens (tertiary/aromatic N) is 3. The van der Waals surface area contributed by atoms with Crippen molar-refractivity contribution in [3.63, 3.8) is 0 Å². The summed E-state index contributed by atoms with van der Waals surface area (Å²) in [6.45, 7) is 1.81. The molecule has 0 aliphatic heterocycles. The number of rotatable bonds is 3. The van der Waals surface area contributed by atoms with Gasteiger partial charge in [0.25, 0.3) is 5.56 Å². The molecule has 0 spiro atoms. The lowest BCUT2D eigenvalue weighted by Crippen LogP contribution is -2.37. The van der Waals surface area contributed by atoms with E-state index in [4.69, 9.17) is 0 Å². The van der Waals surface area contributed by atoms with Crippen molar-refractivity contribution in [3.05, 3.63) is 67.3 Å². The van der Waals surface area contributed by atoms with Gasteiger partial charge >= 0.3 is 5.69 Å². The molecule has 7 nitrogen and oxygen atoms in total. The molecule has 8 heteroatoms. The fourth-order valence-electron chi connectivity index (χ4n) is 2.09. The monoisotopic (exact) mass is 345 g/mol. The first-order valence-electron chi connectivity index (χ1n) is 6.88. The molecule has 0 saturated carbocycles. The van der Waals surface area contributed by atoms with E-state index in [1.807, 2.05) is 6.92 Å². The summed E-state index contributed by atoms with van der Waals surface area (Å²) < 4.78 is 27.1. The Hall–Kier alpha value is -2.92. The van der Waals surface area contributed by atoms with Crippen molar-refractivity contribution in [2.75, 3.05) is 0 Å². The molecule has 2 aromatic rings. The molecule has 0 radical (unpaired) electrons. The first kappa shape index (κ1) is 17.4. The van der Waals surface area contributed by atoms with Crippen LogP contribution in [0.15, 0.2) is 49.9 Å². The van der Waals surface area contributed by atoms with Gasteiger partial charge < -0.3 is 4.57 Å². The molecule has 2 rings (SSSR count). The van der Waals surface area contributed by atoms with Crippen LogP contribution in [-0.4, -0.2) is 17.6 Å². The van der Waals surface area contributed by atoms with Crippen molar-refractivity contribution >= 4 is 15.9 Å². The van der Waals surface area contributed by atoms with E-state index in [9.17, 15) is 23.3 Å². The van der Waals surface area contributed by atoms with Crippen molar-refractivity contribution in [1.82, 2.24) is 9.13 Å². The van der Waals surface area contributed by atoms with Gasteiger partial charge in [0.15, 0.2) is 0 Å². The van der Waals surface area contributed by atoms with Crippen LogP contribution in [0.25, 0.3) is 6.08 Å². The van der Waals surface area contributed by atoms with Crippen LogP contribution in [0.5, 0.6) is 0 Å². The lowest BCUT2D eigenvalue weighted by atomic mass is 10.2. The van der Waals surface area contributed by atoms with Crippen molar-refractivity contribution in [3.8, 4) is 6.07 Å². The van der Waals surface area contributed by atoms with Crippen molar-refractivity contribution in [2.45, 2.75) is 11.8 Å². The molecule has 0 amide bonds. The molecule has 0 saturated heterocycles. The Morgan fingerprint density at radius 3 is 2.29 bits per heavy atom. The molecule has 0 fully saturated rings. The number of hydrogen-bond acceptors (Lipinski definition) is 5. The van der Waals surface area contributed by atoms with Gasteiger partial charge in [-0.05, 0) is 25.1 Å². The summed E-state index contributed by atoms with van der Waals surface area (Å²) in [6.07, 6.45) is 2.18. The molecule has 24 heavy (non-hydrogen) atoms. The Balaban J connectivity index is 2.67. The van der Waals surface area contributed by atoms with E-state index in [1.165, 1.54) is 32.4 Å². The first-order chi connectivity index (χ1) is 11.2. The summed E-state index contributed by atoms with van der Waals surface area (Å²) in [6, 6.07) is 7.65. The zero-order valence-corrected chi connectivity index (χ0v) is 14.2. The number of allylic oxidation sites excluding steroid dienone is 1. The highest BCUT2D eigenvalue weighted by atomic mass is 32.2. The molecule has 0 aliphatic rings. The van der Waals surface area contributed by atoms with Crippen molar-refractivity contribution in [2.24, 2.45) is 14.1 Å². The van der Waals surface area contributed by atoms with E-state index in [0.29, 0.717) is 0 Å². The van der Waals surface area contributed by atoms with Gasteiger partial charge in [0, 0.05) is 20.3 Å². The van der Waals surface area contributed by atoms with Crippen LogP contribution in [0, 0.1) is 18.3 Å². The van der Waals surface area contributed by atoms with Gasteiger partial charge in [-0.1, -0.05) is 17.7 Å². The third-order valence-electron chi connectivity index (χ3n) is 3.49. The van der Waals surface area contributed by atoms with Crippen LogP contribution >= 0.6 is 0 Å². The number of nitriles is 1. The Kier molecular flexibility index (Phi) is 4.57. The Labute approximate surface area is 138 Å². The highest BCUT2D eigenvalue weighted by Crippen LogP contribution is 2.20. The Morgan fingerprint density at radius 1 is 1.17 bits per heavy atom. The number of hydrogen-bond donors (Lipinski definition) is 0. The van der Waals surface area contributed by atoms with Crippen LogP contribution in [0.2, 0.25) is 0 Å².